The zero-order valence-corrected chi connectivity index (χ0v) is 8.01. The van der Waals surface area contributed by atoms with Crippen LogP contribution in [0.3, 0.4) is 0 Å². The molecule has 5 heteroatoms. The Morgan fingerprint density at radius 2 is 2.27 bits per heavy atom. The Balaban J connectivity index is 2.62. The van der Waals surface area contributed by atoms with Gasteiger partial charge in [-0.05, 0) is 13.0 Å². The second-order valence-electron chi connectivity index (χ2n) is 3.07. The molecule has 76 valence electrons. The molecule has 0 aliphatic heterocycles. The molecule has 0 bridgehead atoms. The highest BCUT2D eigenvalue weighted by Gasteiger charge is 2.10. The van der Waals surface area contributed by atoms with E-state index in [2.05, 4.69) is 10.1 Å². The van der Waals surface area contributed by atoms with E-state index in [-0.39, 0.29) is 5.56 Å². The summed E-state index contributed by atoms with van der Waals surface area (Å²) in [5.41, 5.74) is 1.10. The molecule has 2 aromatic heterocycles. The first-order valence-electron chi connectivity index (χ1n) is 4.33. The van der Waals surface area contributed by atoms with Crippen LogP contribution in [-0.2, 0) is 0 Å². The molecule has 0 fully saturated rings. The highest BCUT2D eigenvalue weighted by molar-refractivity contribution is 5.80. The van der Waals surface area contributed by atoms with E-state index in [9.17, 15) is 9.18 Å². The molecule has 0 aromatic carbocycles. The molecule has 15 heavy (non-hydrogen) atoms. The standard InChI is InChI=1S/C10H8FN3O/c1-7-2-3-14(13-7)10-5-12-4-9(11)8(10)6-15/h2-6H,1H3. The van der Waals surface area contributed by atoms with E-state index in [4.69, 9.17) is 0 Å². The van der Waals surface area contributed by atoms with Crippen LogP contribution in [0.5, 0.6) is 0 Å². The number of pyridine rings is 1. The molecule has 0 N–H and O–H groups in total. The molecule has 2 heterocycles. The molecule has 0 unspecified atom stereocenters. The van der Waals surface area contributed by atoms with Crippen LogP contribution in [-0.4, -0.2) is 21.1 Å². The number of nitrogens with zero attached hydrogens (tertiary/aromatic N) is 3. The second-order valence-corrected chi connectivity index (χ2v) is 3.07. The van der Waals surface area contributed by atoms with Crippen LogP contribution in [0.1, 0.15) is 16.1 Å². The molecule has 0 radical (unpaired) electrons. The fourth-order valence-corrected chi connectivity index (χ4v) is 1.28. The van der Waals surface area contributed by atoms with Crippen LogP contribution in [0.2, 0.25) is 0 Å². The Hall–Kier alpha value is -2.04. The number of carbonyl (C=O) groups excluding carboxylic acids is 1. The van der Waals surface area contributed by atoms with E-state index in [0.717, 1.165) is 11.9 Å². The minimum absolute atomic E-state index is 0.0342. The van der Waals surface area contributed by atoms with Crippen molar-refractivity contribution in [3.05, 3.63) is 41.7 Å². The van der Waals surface area contributed by atoms with E-state index in [1.807, 2.05) is 6.92 Å². The summed E-state index contributed by atoms with van der Waals surface area (Å²) in [6.45, 7) is 1.81. The van der Waals surface area contributed by atoms with Crippen molar-refractivity contribution in [2.75, 3.05) is 0 Å². The average molecular weight is 205 g/mol. The van der Waals surface area contributed by atoms with Gasteiger partial charge < -0.3 is 0 Å². The van der Waals surface area contributed by atoms with Crippen molar-refractivity contribution in [2.24, 2.45) is 0 Å². The lowest BCUT2D eigenvalue weighted by molar-refractivity contribution is 0.111. The van der Waals surface area contributed by atoms with Gasteiger partial charge in [-0.1, -0.05) is 0 Å². The largest absolute Gasteiger partial charge is 0.298 e. The summed E-state index contributed by atoms with van der Waals surface area (Å²) >= 11 is 0. The molecule has 0 amide bonds. The van der Waals surface area contributed by atoms with Crippen LogP contribution in [0.4, 0.5) is 4.39 Å². The summed E-state index contributed by atoms with van der Waals surface area (Å²) in [4.78, 5) is 14.4. The second kappa shape index (κ2) is 3.61. The molecule has 2 rings (SSSR count). The van der Waals surface area contributed by atoms with Gasteiger partial charge >= 0.3 is 0 Å². The summed E-state index contributed by atoms with van der Waals surface area (Å²) in [7, 11) is 0. The Kier molecular flexibility index (Phi) is 2.29. The number of carbonyl (C=O) groups is 1. The summed E-state index contributed by atoms with van der Waals surface area (Å²) in [5.74, 6) is -0.643. The van der Waals surface area contributed by atoms with Crippen molar-refractivity contribution >= 4 is 6.29 Å². The predicted octanol–water partition coefficient (Wildman–Crippen LogP) is 1.53. The fraction of sp³-hybridized carbons (Fsp3) is 0.100. The number of hydrogen-bond donors (Lipinski definition) is 0. The van der Waals surface area contributed by atoms with Crippen LogP contribution >= 0.6 is 0 Å². The maximum atomic E-state index is 13.2. The normalized spacial score (nSPS) is 10.3. The van der Waals surface area contributed by atoms with Crippen molar-refractivity contribution in [1.29, 1.82) is 0 Å². The fourth-order valence-electron chi connectivity index (χ4n) is 1.28. The summed E-state index contributed by atoms with van der Waals surface area (Å²) < 4.78 is 14.6. The van der Waals surface area contributed by atoms with Crippen molar-refractivity contribution in [3.8, 4) is 5.69 Å². The van der Waals surface area contributed by atoms with Gasteiger partial charge in [-0.3, -0.25) is 9.78 Å². The maximum Gasteiger partial charge on any atom is 0.155 e. The lowest BCUT2D eigenvalue weighted by Crippen LogP contribution is -2.03. The van der Waals surface area contributed by atoms with E-state index in [0.29, 0.717) is 12.0 Å². The van der Waals surface area contributed by atoms with Crippen LogP contribution in [0, 0.1) is 12.7 Å². The lowest BCUT2D eigenvalue weighted by Gasteiger charge is -2.04. The molecule has 4 nitrogen and oxygen atoms in total. The zero-order valence-electron chi connectivity index (χ0n) is 8.01. The van der Waals surface area contributed by atoms with Crippen molar-refractivity contribution < 1.29 is 9.18 Å². The van der Waals surface area contributed by atoms with Gasteiger partial charge in [0.2, 0.25) is 0 Å². The van der Waals surface area contributed by atoms with Crippen molar-refractivity contribution in [2.45, 2.75) is 6.92 Å². The van der Waals surface area contributed by atoms with Crippen LogP contribution < -0.4 is 0 Å². The van der Waals surface area contributed by atoms with Crippen molar-refractivity contribution in [3.63, 3.8) is 0 Å². The number of aldehydes is 1. The predicted molar refractivity (Wildman–Crippen MR) is 51.4 cm³/mol. The molecule has 0 saturated heterocycles. The maximum absolute atomic E-state index is 13.2. The van der Waals surface area contributed by atoms with Crippen molar-refractivity contribution in [1.82, 2.24) is 14.8 Å². The van der Waals surface area contributed by atoms with Gasteiger partial charge in [-0.2, -0.15) is 5.10 Å². The van der Waals surface area contributed by atoms with E-state index in [1.54, 1.807) is 12.3 Å². The molecular formula is C10H8FN3O. The minimum Gasteiger partial charge on any atom is -0.298 e. The molecule has 0 saturated carbocycles. The van der Waals surface area contributed by atoms with E-state index < -0.39 is 5.82 Å². The third kappa shape index (κ3) is 1.63. The van der Waals surface area contributed by atoms with Gasteiger partial charge in [0.1, 0.15) is 0 Å². The monoisotopic (exact) mass is 205 g/mol. The third-order valence-electron chi connectivity index (χ3n) is 2.01. The Morgan fingerprint density at radius 1 is 1.47 bits per heavy atom. The summed E-state index contributed by atoms with van der Waals surface area (Å²) in [6.07, 6.45) is 4.52. The van der Waals surface area contributed by atoms with Gasteiger partial charge in [0.05, 0.1) is 29.3 Å². The number of rotatable bonds is 2. The number of aromatic nitrogens is 3. The third-order valence-corrected chi connectivity index (χ3v) is 2.01. The minimum atomic E-state index is -0.643. The van der Waals surface area contributed by atoms with E-state index >= 15 is 0 Å². The van der Waals surface area contributed by atoms with Gasteiger partial charge in [-0.15, -0.1) is 0 Å². The molecule has 0 aliphatic carbocycles. The number of aryl methyl sites for hydroxylation is 1. The summed E-state index contributed by atoms with van der Waals surface area (Å²) in [5, 5.41) is 4.08. The number of halogens is 1. The Bertz CT molecular complexity index is 507. The Morgan fingerprint density at radius 3 is 2.87 bits per heavy atom. The molecule has 0 atom stereocenters. The first-order valence-corrected chi connectivity index (χ1v) is 4.33. The van der Waals surface area contributed by atoms with Gasteiger partial charge in [0.25, 0.3) is 0 Å². The Labute approximate surface area is 85.4 Å². The smallest absolute Gasteiger partial charge is 0.155 e. The average Bonchev–Trinajstić information content (AvgIpc) is 2.64. The zero-order chi connectivity index (χ0) is 10.8. The highest BCUT2D eigenvalue weighted by Crippen LogP contribution is 2.13. The van der Waals surface area contributed by atoms with Crippen LogP contribution in [0.25, 0.3) is 5.69 Å². The molecular weight excluding hydrogens is 197 g/mol. The number of hydrogen-bond acceptors (Lipinski definition) is 3. The van der Waals surface area contributed by atoms with Gasteiger partial charge in [0, 0.05) is 6.20 Å². The molecule has 0 aliphatic rings. The quantitative estimate of drug-likeness (QED) is 0.698. The SMILES string of the molecule is Cc1ccn(-c2cncc(F)c2C=O)n1. The van der Waals surface area contributed by atoms with Gasteiger partial charge in [0.15, 0.2) is 12.1 Å². The lowest BCUT2D eigenvalue weighted by atomic mass is 10.2. The van der Waals surface area contributed by atoms with E-state index in [1.165, 1.54) is 10.9 Å². The topological polar surface area (TPSA) is 47.8 Å². The van der Waals surface area contributed by atoms with Gasteiger partial charge in [-0.25, -0.2) is 9.07 Å². The summed E-state index contributed by atoms with van der Waals surface area (Å²) in [6, 6.07) is 1.76. The first-order chi connectivity index (χ1) is 7.22. The van der Waals surface area contributed by atoms with Crippen LogP contribution in [0.15, 0.2) is 24.7 Å². The highest BCUT2D eigenvalue weighted by atomic mass is 19.1. The first kappa shape index (κ1) is 9.51. The molecule has 2 aromatic rings. The molecule has 0 spiro atoms.